The fraction of sp³-hybridized carbons (Fsp3) is 0.333. The summed E-state index contributed by atoms with van der Waals surface area (Å²) in [5, 5.41) is 2.74. The van der Waals surface area contributed by atoms with Crippen LogP contribution in [0, 0.1) is 0 Å². The third kappa shape index (κ3) is 3.28. The molecule has 1 fully saturated rings. The minimum absolute atomic E-state index is 0.264. The average Bonchev–Trinajstić information content (AvgIpc) is 3.20. The summed E-state index contributed by atoms with van der Waals surface area (Å²) in [4.78, 5) is 24.2. The van der Waals surface area contributed by atoms with E-state index in [0.29, 0.717) is 5.76 Å². The van der Waals surface area contributed by atoms with Gasteiger partial charge in [-0.2, -0.15) is 0 Å². The van der Waals surface area contributed by atoms with Gasteiger partial charge in [-0.25, -0.2) is 0 Å². The van der Waals surface area contributed by atoms with Gasteiger partial charge in [0, 0.05) is 0 Å². The minimum Gasteiger partial charge on any atom is -0.467 e. The molecule has 5 nitrogen and oxygen atoms in total. The summed E-state index contributed by atoms with van der Waals surface area (Å²) in [5.74, 6) is -0.0109. The molecule has 1 aromatic carbocycles. The quantitative estimate of drug-likeness (QED) is 0.833. The predicted octanol–water partition coefficient (Wildman–Crippen LogP) is 2.73. The van der Waals surface area contributed by atoms with Gasteiger partial charge in [0.05, 0.1) is 17.7 Å². The number of carbonyl (C=O) groups is 2. The van der Waals surface area contributed by atoms with E-state index in [2.05, 4.69) is 5.32 Å². The van der Waals surface area contributed by atoms with E-state index < -0.39 is 5.41 Å². The summed E-state index contributed by atoms with van der Waals surface area (Å²) in [6, 6.07) is 12.8. The molecule has 0 bridgehead atoms. The highest BCUT2D eigenvalue weighted by Crippen LogP contribution is 2.49. The fourth-order valence-corrected chi connectivity index (χ4v) is 2.65. The summed E-state index contributed by atoms with van der Waals surface area (Å²) in [5.41, 5.74) is 0.392. The van der Waals surface area contributed by atoms with Gasteiger partial charge in [0.15, 0.2) is 6.61 Å². The first-order chi connectivity index (χ1) is 11.1. The maximum Gasteiger partial charge on any atom is 0.317 e. The smallest absolute Gasteiger partial charge is 0.317 e. The molecule has 0 aliphatic heterocycles. The molecule has 0 spiro atoms. The molecule has 1 amide bonds. The number of ether oxygens (including phenoxy) is 1. The number of nitrogens with one attached hydrogen (secondary N) is 1. The van der Waals surface area contributed by atoms with Gasteiger partial charge in [-0.05, 0) is 37.5 Å². The van der Waals surface area contributed by atoms with Crippen molar-refractivity contribution in [2.24, 2.45) is 0 Å². The van der Waals surface area contributed by atoms with Gasteiger partial charge in [0.2, 0.25) is 0 Å². The van der Waals surface area contributed by atoms with E-state index in [1.54, 1.807) is 18.4 Å². The van der Waals surface area contributed by atoms with E-state index in [-0.39, 0.29) is 24.5 Å². The molecule has 1 aromatic heterocycles. The Bertz CT molecular complexity index is 674. The largest absolute Gasteiger partial charge is 0.467 e. The Morgan fingerprint density at radius 2 is 1.96 bits per heavy atom. The summed E-state index contributed by atoms with van der Waals surface area (Å²) in [6.45, 7) is 1.53. The highest BCUT2D eigenvalue weighted by atomic mass is 16.5. The maximum absolute atomic E-state index is 12.3. The zero-order valence-electron chi connectivity index (χ0n) is 13.0. The molecule has 1 heterocycles. The lowest BCUT2D eigenvalue weighted by atomic mass is 9.96. The molecule has 120 valence electrons. The second-order valence-corrected chi connectivity index (χ2v) is 5.83. The lowest BCUT2D eigenvalue weighted by Gasteiger charge is -2.16. The number of carbonyl (C=O) groups excluding carboxylic acids is 2. The molecule has 1 aliphatic carbocycles. The van der Waals surface area contributed by atoms with Crippen molar-refractivity contribution in [3.8, 4) is 0 Å². The van der Waals surface area contributed by atoms with Gasteiger partial charge in [-0.1, -0.05) is 30.3 Å². The topological polar surface area (TPSA) is 68.5 Å². The predicted molar refractivity (Wildman–Crippen MR) is 83.6 cm³/mol. The molecule has 0 saturated heterocycles. The van der Waals surface area contributed by atoms with Gasteiger partial charge in [0.1, 0.15) is 5.76 Å². The molecule has 0 unspecified atom stereocenters. The van der Waals surface area contributed by atoms with Gasteiger partial charge >= 0.3 is 5.97 Å². The number of hydrogen-bond donors (Lipinski definition) is 1. The van der Waals surface area contributed by atoms with Gasteiger partial charge < -0.3 is 14.5 Å². The second kappa shape index (κ2) is 6.28. The van der Waals surface area contributed by atoms with Crippen LogP contribution < -0.4 is 5.32 Å². The number of rotatable bonds is 6. The maximum atomic E-state index is 12.3. The fourth-order valence-electron chi connectivity index (χ4n) is 2.65. The van der Waals surface area contributed by atoms with Crippen molar-refractivity contribution < 1.29 is 18.7 Å². The highest BCUT2D eigenvalue weighted by molar-refractivity contribution is 5.89. The van der Waals surface area contributed by atoms with E-state index >= 15 is 0 Å². The van der Waals surface area contributed by atoms with Crippen molar-refractivity contribution in [3.63, 3.8) is 0 Å². The Morgan fingerprint density at radius 3 is 2.57 bits per heavy atom. The van der Waals surface area contributed by atoms with Crippen LogP contribution in [0.4, 0.5) is 0 Å². The van der Waals surface area contributed by atoms with E-state index in [1.165, 1.54) is 0 Å². The zero-order chi connectivity index (χ0) is 16.3. The number of furan rings is 1. The van der Waals surface area contributed by atoms with Crippen molar-refractivity contribution in [1.29, 1.82) is 0 Å². The molecule has 1 saturated carbocycles. The molecule has 1 aliphatic rings. The summed E-state index contributed by atoms with van der Waals surface area (Å²) in [7, 11) is 0. The summed E-state index contributed by atoms with van der Waals surface area (Å²) >= 11 is 0. The van der Waals surface area contributed by atoms with Crippen LogP contribution in [-0.4, -0.2) is 18.5 Å². The van der Waals surface area contributed by atoms with Crippen LogP contribution >= 0.6 is 0 Å². The van der Waals surface area contributed by atoms with Crippen LogP contribution in [0.25, 0.3) is 0 Å². The normalized spacial score (nSPS) is 16.4. The summed E-state index contributed by atoms with van der Waals surface area (Å²) < 4.78 is 10.4. The Balaban J connectivity index is 1.52. The molecular formula is C18H19NO4. The minimum atomic E-state index is -0.561. The standard InChI is InChI=1S/C18H19NO4/c1-13(15-8-5-11-22-15)19-16(20)12-23-17(21)18(9-10-18)14-6-3-2-4-7-14/h2-8,11,13H,9-10,12H2,1H3,(H,19,20)/t13-/m0/s1. The Hall–Kier alpha value is -2.56. The monoisotopic (exact) mass is 313 g/mol. The van der Waals surface area contributed by atoms with E-state index in [4.69, 9.17) is 9.15 Å². The van der Waals surface area contributed by atoms with Gasteiger partial charge in [-0.3, -0.25) is 9.59 Å². The Kier molecular flexibility index (Phi) is 4.19. The van der Waals surface area contributed by atoms with Crippen LogP contribution in [0.3, 0.4) is 0 Å². The number of benzene rings is 1. The van der Waals surface area contributed by atoms with Crippen LogP contribution in [-0.2, 0) is 19.7 Å². The Morgan fingerprint density at radius 1 is 1.22 bits per heavy atom. The first kappa shape index (κ1) is 15.3. The molecule has 1 atom stereocenters. The van der Waals surface area contributed by atoms with Crippen molar-refractivity contribution in [3.05, 3.63) is 60.1 Å². The lowest BCUT2D eigenvalue weighted by Crippen LogP contribution is -2.33. The zero-order valence-corrected chi connectivity index (χ0v) is 13.0. The van der Waals surface area contributed by atoms with Crippen molar-refractivity contribution >= 4 is 11.9 Å². The average molecular weight is 313 g/mol. The van der Waals surface area contributed by atoms with E-state index in [0.717, 1.165) is 18.4 Å². The second-order valence-electron chi connectivity index (χ2n) is 5.83. The van der Waals surface area contributed by atoms with Crippen molar-refractivity contribution in [2.45, 2.75) is 31.2 Å². The van der Waals surface area contributed by atoms with Crippen LogP contribution in [0.1, 0.15) is 37.1 Å². The number of esters is 1. The highest BCUT2D eigenvalue weighted by Gasteiger charge is 2.52. The van der Waals surface area contributed by atoms with Crippen LogP contribution in [0.5, 0.6) is 0 Å². The van der Waals surface area contributed by atoms with Gasteiger partial charge in [0.25, 0.3) is 5.91 Å². The lowest BCUT2D eigenvalue weighted by molar-refractivity contribution is -0.151. The third-order valence-corrected chi connectivity index (χ3v) is 4.15. The first-order valence-electron chi connectivity index (χ1n) is 7.67. The molecule has 1 N–H and O–H groups in total. The van der Waals surface area contributed by atoms with Crippen molar-refractivity contribution in [1.82, 2.24) is 5.32 Å². The Labute approximate surface area is 134 Å². The molecule has 5 heteroatoms. The van der Waals surface area contributed by atoms with E-state index in [1.807, 2.05) is 37.3 Å². The van der Waals surface area contributed by atoms with Crippen LogP contribution in [0.2, 0.25) is 0 Å². The number of amides is 1. The van der Waals surface area contributed by atoms with Crippen molar-refractivity contribution in [2.75, 3.05) is 6.61 Å². The molecule has 23 heavy (non-hydrogen) atoms. The molecule has 0 radical (unpaired) electrons. The molecule has 3 rings (SSSR count). The SMILES string of the molecule is C[C@H](NC(=O)COC(=O)C1(c2ccccc2)CC1)c1ccco1. The van der Waals surface area contributed by atoms with Crippen LogP contribution in [0.15, 0.2) is 53.1 Å². The molecule has 2 aromatic rings. The molecular weight excluding hydrogens is 294 g/mol. The third-order valence-electron chi connectivity index (χ3n) is 4.15. The van der Waals surface area contributed by atoms with E-state index in [9.17, 15) is 9.59 Å². The first-order valence-corrected chi connectivity index (χ1v) is 7.67. The number of hydrogen-bond acceptors (Lipinski definition) is 4. The van der Waals surface area contributed by atoms with Gasteiger partial charge in [-0.15, -0.1) is 0 Å². The summed E-state index contributed by atoms with van der Waals surface area (Å²) in [6.07, 6.45) is 3.08.